The molecule has 1 saturated heterocycles. The Balaban J connectivity index is 2.52. The zero-order chi connectivity index (χ0) is 11.3. The molecule has 1 atom stereocenters. The van der Waals surface area contributed by atoms with Gasteiger partial charge < -0.3 is 10.2 Å². The first kappa shape index (κ1) is 12.0. The van der Waals surface area contributed by atoms with E-state index in [1.807, 2.05) is 0 Å². The van der Waals surface area contributed by atoms with Crippen molar-refractivity contribution < 1.29 is 9.59 Å². The van der Waals surface area contributed by atoms with E-state index in [2.05, 4.69) is 12.2 Å². The summed E-state index contributed by atoms with van der Waals surface area (Å²) in [6, 6.07) is -0.223. The van der Waals surface area contributed by atoms with Crippen LogP contribution in [0.15, 0.2) is 0 Å². The van der Waals surface area contributed by atoms with E-state index in [4.69, 9.17) is 0 Å². The lowest BCUT2D eigenvalue weighted by Crippen LogP contribution is -2.44. The summed E-state index contributed by atoms with van der Waals surface area (Å²) in [5.74, 6) is 0.0975. The average molecular weight is 212 g/mol. The lowest BCUT2D eigenvalue weighted by molar-refractivity contribution is -0.138. The molecule has 0 bridgehead atoms. The summed E-state index contributed by atoms with van der Waals surface area (Å²) in [5, 5.41) is 2.62. The van der Waals surface area contributed by atoms with E-state index < -0.39 is 0 Å². The van der Waals surface area contributed by atoms with Gasteiger partial charge in [-0.05, 0) is 19.3 Å². The van der Waals surface area contributed by atoms with Crippen molar-refractivity contribution >= 4 is 11.8 Å². The molecule has 2 amide bonds. The minimum atomic E-state index is -0.223. The van der Waals surface area contributed by atoms with Crippen molar-refractivity contribution in [1.82, 2.24) is 10.2 Å². The number of likely N-dealkylation sites (N-methyl/N-ethyl adjacent to an activating group) is 1. The molecule has 0 aliphatic carbocycles. The van der Waals surface area contributed by atoms with Gasteiger partial charge in [-0.1, -0.05) is 13.3 Å². The van der Waals surface area contributed by atoms with E-state index >= 15 is 0 Å². The third kappa shape index (κ3) is 2.94. The van der Waals surface area contributed by atoms with Crippen molar-refractivity contribution in [1.29, 1.82) is 0 Å². The second-order valence-corrected chi connectivity index (χ2v) is 3.96. The number of nitrogens with zero attached hydrogens (tertiary/aromatic N) is 1. The molecule has 0 aromatic carbocycles. The molecule has 1 N–H and O–H groups in total. The fourth-order valence-corrected chi connectivity index (χ4v) is 1.98. The lowest BCUT2D eigenvalue weighted by atomic mass is 10.2. The van der Waals surface area contributed by atoms with E-state index in [1.54, 1.807) is 11.9 Å². The summed E-state index contributed by atoms with van der Waals surface area (Å²) in [7, 11) is 1.62. The monoisotopic (exact) mass is 212 g/mol. The molecular formula is C11H20N2O2. The van der Waals surface area contributed by atoms with Gasteiger partial charge in [-0.2, -0.15) is 0 Å². The van der Waals surface area contributed by atoms with Crippen LogP contribution in [0, 0.1) is 0 Å². The van der Waals surface area contributed by atoms with Crippen LogP contribution in [0.1, 0.15) is 39.0 Å². The number of hydrogen-bond donors (Lipinski definition) is 1. The molecule has 0 unspecified atom stereocenters. The lowest BCUT2D eigenvalue weighted by Gasteiger charge is -2.23. The predicted molar refractivity (Wildman–Crippen MR) is 58.3 cm³/mol. The Labute approximate surface area is 91.0 Å². The van der Waals surface area contributed by atoms with Gasteiger partial charge >= 0.3 is 0 Å². The predicted octanol–water partition coefficient (Wildman–Crippen LogP) is 0.914. The molecule has 0 radical (unpaired) electrons. The maximum Gasteiger partial charge on any atom is 0.242 e. The van der Waals surface area contributed by atoms with Crippen LogP contribution < -0.4 is 5.32 Å². The summed E-state index contributed by atoms with van der Waals surface area (Å²) in [6.45, 7) is 2.80. The molecule has 86 valence electrons. The number of carbonyl (C=O) groups excluding carboxylic acids is 2. The fraction of sp³-hybridized carbons (Fsp3) is 0.818. The zero-order valence-corrected chi connectivity index (χ0v) is 9.58. The maximum absolute atomic E-state index is 11.8. The standard InChI is InChI=1S/C11H20N2O2/c1-3-4-7-10(14)13-8-5-6-9(13)11(15)12-2/h9H,3-8H2,1-2H3,(H,12,15)/t9-/m0/s1. The quantitative estimate of drug-likeness (QED) is 0.753. The van der Waals surface area contributed by atoms with Gasteiger partial charge in [0.25, 0.3) is 0 Å². The zero-order valence-electron chi connectivity index (χ0n) is 9.58. The van der Waals surface area contributed by atoms with Crippen LogP contribution in [0.5, 0.6) is 0 Å². The number of nitrogens with one attached hydrogen (secondary N) is 1. The minimum absolute atomic E-state index is 0.0302. The number of likely N-dealkylation sites (tertiary alicyclic amines) is 1. The largest absolute Gasteiger partial charge is 0.357 e. The van der Waals surface area contributed by atoms with Crippen molar-refractivity contribution in [3.05, 3.63) is 0 Å². The topological polar surface area (TPSA) is 49.4 Å². The van der Waals surface area contributed by atoms with E-state index in [-0.39, 0.29) is 17.9 Å². The highest BCUT2D eigenvalue weighted by Gasteiger charge is 2.32. The molecule has 1 aliphatic heterocycles. The van der Waals surface area contributed by atoms with Crippen LogP contribution in [0.2, 0.25) is 0 Å². The Hall–Kier alpha value is -1.06. The summed E-state index contributed by atoms with van der Waals surface area (Å²) in [4.78, 5) is 25.0. The Bertz CT molecular complexity index is 241. The molecule has 1 rings (SSSR count). The molecule has 1 heterocycles. The van der Waals surface area contributed by atoms with Crippen molar-refractivity contribution in [2.75, 3.05) is 13.6 Å². The summed E-state index contributed by atoms with van der Waals surface area (Å²) >= 11 is 0. The molecule has 0 saturated carbocycles. The average Bonchev–Trinajstić information content (AvgIpc) is 2.73. The number of carbonyl (C=O) groups is 2. The highest BCUT2D eigenvalue weighted by Crippen LogP contribution is 2.18. The van der Waals surface area contributed by atoms with Gasteiger partial charge in [0.15, 0.2) is 0 Å². The number of unbranched alkanes of at least 4 members (excludes halogenated alkanes) is 1. The molecule has 4 nitrogen and oxygen atoms in total. The van der Waals surface area contributed by atoms with Crippen molar-refractivity contribution in [2.24, 2.45) is 0 Å². The van der Waals surface area contributed by atoms with Gasteiger partial charge in [0.1, 0.15) is 6.04 Å². The molecule has 15 heavy (non-hydrogen) atoms. The second-order valence-electron chi connectivity index (χ2n) is 3.96. The van der Waals surface area contributed by atoms with Gasteiger partial charge in [0.05, 0.1) is 0 Å². The fourth-order valence-electron chi connectivity index (χ4n) is 1.98. The van der Waals surface area contributed by atoms with E-state index in [1.165, 1.54) is 0 Å². The maximum atomic E-state index is 11.8. The summed E-state index contributed by atoms with van der Waals surface area (Å²) < 4.78 is 0. The van der Waals surface area contributed by atoms with Gasteiger partial charge in [-0.15, -0.1) is 0 Å². The summed E-state index contributed by atoms with van der Waals surface area (Å²) in [6.07, 6.45) is 4.25. The Morgan fingerprint density at radius 1 is 1.47 bits per heavy atom. The van der Waals surface area contributed by atoms with E-state index in [0.29, 0.717) is 6.42 Å². The van der Waals surface area contributed by atoms with Gasteiger partial charge in [-0.3, -0.25) is 9.59 Å². The van der Waals surface area contributed by atoms with E-state index in [0.717, 1.165) is 32.2 Å². The van der Waals surface area contributed by atoms with Crippen LogP contribution in [0.25, 0.3) is 0 Å². The van der Waals surface area contributed by atoms with Crippen LogP contribution in [0.4, 0.5) is 0 Å². The first-order valence-corrected chi connectivity index (χ1v) is 5.71. The van der Waals surface area contributed by atoms with Crippen LogP contribution in [-0.4, -0.2) is 36.3 Å². The molecule has 0 aromatic rings. The Morgan fingerprint density at radius 3 is 2.80 bits per heavy atom. The third-order valence-corrected chi connectivity index (χ3v) is 2.87. The van der Waals surface area contributed by atoms with Gasteiger partial charge in [0.2, 0.25) is 11.8 Å². The SMILES string of the molecule is CCCCC(=O)N1CCC[C@H]1C(=O)NC. The highest BCUT2D eigenvalue weighted by atomic mass is 16.2. The Morgan fingerprint density at radius 2 is 2.20 bits per heavy atom. The first-order chi connectivity index (χ1) is 7.20. The first-order valence-electron chi connectivity index (χ1n) is 5.71. The minimum Gasteiger partial charge on any atom is -0.357 e. The third-order valence-electron chi connectivity index (χ3n) is 2.87. The van der Waals surface area contributed by atoms with Crippen LogP contribution in [-0.2, 0) is 9.59 Å². The molecule has 4 heteroatoms. The van der Waals surface area contributed by atoms with Crippen LogP contribution in [0.3, 0.4) is 0 Å². The van der Waals surface area contributed by atoms with E-state index in [9.17, 15) is 9.59 Å². The van der Waals surface area contributed by atoms with Gasteiger partial charge in [0, 0.05) is 20.0 Å². The van der Waals surface area contributed by atoms with Crippen molar-refractivity contribution in [3.63, 3.8) is 0 Å². The highest BCUT2D eigenvalue weighted by molar-refractivity contribution is 5.88. The molecule has 0 spiro atoms. The number of rotatable bonds is 4. The van der Waals surface area contributed by atoms with Crippen LogP contribution >= 0.6 is 0 Å². The summed E-state index contributed by atoms with van der Waals surface area (Å²) in [5.41, 5.74) is 0. The van der Waals surface area contributed by atoms with Crippen molar-refractivity contribution in [2.45, 2.75) is 45.1 Å². The molecular weight excluding hydrogens is 192 g/mol. The van der Waals surface area contributed by atoms with Gasteiger partial charge in [-0.25, -0.2) is 0 Å². The second kappa shape index (κ2) is 5.73. The molecule has 1 fully saturated rings. The molecule has 0 aromatic heterocycles. The number of amides is 2. The molecule has 1 aliphatic rings. The number of hydrogen-bond acceptors (Lipinski definition) is 2. The smallest absolute Gasteiger partial charge is 0.242 e. The van der Waals surface area contributed by atoms with Crippen molar-refractivity contribution in [3.8, 4) is 0 Å². The Kier molecular flexibility index (Phi) is 4.59. The normalized spacial score (nSPS) is 20.4.